The van der Waals surface area contributed by atoms with Crippen LogP contribution in [0.15, 0.2) is 35.4 Å². The second-order valence-electron chi connectivity index (χ2n) is 6.01. The molecule has 1 atom stereocenters. The summed E-state index contributed by atoms with van der Waals surface area (Å²) in [6.07, 6.45) is 1.18. The van der Waals surface area contributed by atoms with Crippen LogP contribution in [-0.2, 0) is 20.0 Å². The lowest BCUT2D eigenvalue weighted by molar-refractivity contribution is 0.225. The van der Waals surface area contributed by atoms with Crippen LogP contribution in [-0.4, -0.2) is 33.2 Å². The number of nitrogens with one attached hydrogen (secondary N) is 1. The minimum absolute atomic E-state index is 0.556. The van der Waals surface area contributed by atoms with Crippen LogP contribution in [0.3, 0.4) is 0 Å². The normalized spacial score (nSPS) is 22.3. The molecule has 5 nitrogen and oxygen atoms in total. The lowest BCUT2D eigenvalue weighted by Gasteiger charge is -2.42. The Morgan fingerprint density at radius 2 is 1.70 bits per heavy atom. The van der Waals surface area contributed by atoms with Crippen LogP contribution in [0, 0.1) is 0 Å². The molecular weight excluding hydrogens is 313 g/mol. The van der Waals surface area contributed by atoms with Gasteiger partial charge in [-0.1, -0.05) is 23.3 Å². The van der Waals surface area contributed by atoms with Crippen molar-refractivity contribution in [2.24, 2.45) is 0 Å². The molecule has 0 aliphatic carbocycles. The van der Waals surface area contributed by atoms with Gasteiger partial charge in [0.25, 0.3) is 0 Å². The maximum absolute atomic E-state index is 13.3. The van der Waals surface area contributed by atoms with Gasteiger partial charge in [-0.3, -0.25) is 9.88 Å². The first-order valence-electron chi connectivity index (χ1n) is 7.64. The Morgan fingerprint density at radius 1 is 1.09 bits per heavy atom. The summed E-state index contributed by atoms with van der Waals surface area (Å²) in [5.74, 6) is 0.799. The lowest BCUT2D eigenvalue weighted by atomic mass is 9.93. The molecule has 1 N–H and O–H groups in total. The Hall–Kier alpha value is -1.13. The predicted molar refractivity (Wildman–Crippen MR) is 92.0 cm³/mol. The summed E-state index contributed by atoms with van der Waals surface area (Å²) in [5, 5.41) is 2.67. The van der Waals surface area contributed by atoms with Crippen molar-refractivity contribution < 1.29 is 18.3 Å². The molecule has 0 bridgehead atoms. The van der Waals surface area contributed by atoms with Crippen molar-refractivity contribution in [1.82, 2.24) is 5.32 Å². The molecule has 0 aromatic heterocycles. The SMILES string of the molecule is COc1ccc(C[C@@]2(P(=O)(OC)OC)CC(C)=C(C)CN2)cc1. The van der Waals surface area contributed by atoms with Gasteiger partial charge in [-0.15, -0.1) is 0 Å². The zero-order chi connectivity index (χ0) is 17.1. The third-order valence-corrected chi connectivity index (χ3v) is 7.11. The molecule has 0 saturated carbocycles. The van der Waals surface area contributed by atoms with E-state index in [-0.39, 0.29) is 0 Å². The number of hydrogen-bond acceptors (Lipinski definition) is 5. The van der Waals surface area contributed by atoms with Crippen LogP contribution in [0.5, 0.6) is 5.75 Å². The third kappa shape index (κ3) is 3.53. The molecule has 128 valence electrons. The fraction of sp³-hybridized carbons (Fsp3) is 0.529. The van der Waals surface area contributed by atoms with Crippen molar-refractivity contribution >= 4 is 7.60 Å². The Labute approximate surface area is 138 Å². The highest BCUT2D eigenvalue weighted by molar-refractivity contribution is 7.55. The van der Waals surface area contributed by atoms with Crippen molar-refractivity contribution in [1.29, 1.82) is 0 Å². The molecule has 1 aromatic rings. The maximum Gasteiger partial charge on any atom is 0.350 e. The van der Waals surface area contributed by atoms with Crippen LogP contribution in [0.25, 0.3) is 0 Å². The van der Waals surface area contributed by atoms with Gasteiger partial charge in [-0.05, 0) is 38.0 Å². The number of methoxy groups -OCH3 is 1. The molecule has 0 fully saturated rings. The largest absolute Gasteiger partial charge is 0.497 e. The number of benzene rings is 1. The molecule has 1 aromatic carbocycles. The van der Waals surface area contributed by atoms with Gasteiger partial charge < -0.3 is 13.8 Å². The highest BCUT2D eigenvalue weighted by Crippen LogP contribution is 2.61. The average Bonchev–Trinajstić information content (AvgIpc) is 2.58. The van der Waals surface area contributed by atoms with Gasteiger partial charge in [0, 0.05) is 27.2 Å². The first-order chi connectivity index (χ1) is 10.9. The summed E-state index contributed by atoms with van der Waals surface area (Å²) in [4.78, 5) is 0. The standard InChI is InChI=1S/C17H26NO4P/c1-13-10-17(18-12-14(13)2,23(19,21-4)22-5)11-15-6-8-16(20-3)9-7-15/h6-9,18H,10-12H2,1-5H3/t17-/m0/s1. The highest BCUT2D eigenvalue weighted by atomic mass is 31.2. The minimum atomic E-state index is -3.31. The molecule has 1 aliphatic rings. The topological polar surface area (TPSA) is 56.8 Å². The van der Waals surface area contributed by atoms with E-state index in [2.05, 4.69) is 19.2 Å². The predicted octanol–water partition coefficient (Wildman–Crippen LogP) is 3.75. The Bertz CT molecular complexity index is 618. The average molecular weight is 339 g/mol. The molecule has 23 heavy (non-hydrogen) atoms. The summed E-state index contributed by atoms with van der Waals surface area (Å²) < 4.78 is 29.2. The quantitative estimate of drug-likeness (QED) is 0.632. The first kappa shape index (κ1) is 18.2. The van der Waals surface area contributed by atoms with Crippen LogP contribution in [0.4, 0.5) is 0 Å². The van der Waals surface area contributed by atoms with Gasteiger partial charge >= 0.3 is 7.60 Å². The molecule has 0 amide bonds. The van der Waals surface area contributed by atoms with Crippen molar-refractivity contribution in [3.8, 4) is 5.75 Å². The maximum atomic E-state index is 13.3. The fourth-order valence-electron chi connectivity index (χ4n) is 3.02. The summed E-state index contributed by atoms with van der Waals surface area (Å²) in [6, 6.07) is 7.78. The van der Waals surface area contributed by atoms with Gasteiger partial charge in [-0.25, -0.2) is 0 Å². The Kier molecular flexibility index (Phi) is 5.69. The molecule has 0 radical (unpaired) electrons. The van der Waals surface area contributed by atoms with E-state index >= 15 is 0 Å². The summed E-state index contributed by atoms with van der Waals surface area (Å²) in [6.45, 7) is 4.84. The first-order valence-corrected chi connectivity index (χ1v) is 9.19. The molecule has 2 rings (SSSR count). The van der Waals surface area contributed by atoms with Crippen molar-refractivity contribution in [2.75, 3.05) is 27.9 Å². The summed E-state index contributed by atoms with van der Waals surface area (Å²) >= 11 is 0. The van der Waals surface area contributed by atoms with E-state index in [4.69, 9.17) is 13.8 Å². The number of ether oxygens (including phenoxy) is 1. The van der Waals surface area contributed by atoms with Gasteiger partial charge in [0.05, 0.1) is 7.11 Å². The van der Waals surface area contributed by atoms with E-state index < -0.39 is 12.9 Å². The van der Waals surface area contributed by atoms with Crippen molar-refractivity contribution in [3.63, 3.8) is 0 Å². The third-order valence-electron chi connectivity index (χ3n) is 4.63. The van der Waals surface area contributed by atoms with Crippen molar-refractivity contribution in [2.45, 2.75) is 32.0 Å². The zero-order valence-electron chi connectivity index (χ0n) is 14.5. The monoisotopic (exact) mass is 339 g/mol. The zero-order valence-corrected chi connectivity index (χ0v) is 15.4. The molecule has 0 spiro atoms. The summed E-state index contributed by atoms with van der Waals surface area (Å²) in [7, 11) is 1.22. The van der Waals surface area contributed by atoms with E-state index in [1.165, 1.54) is 25.4 Å². The van der Waals surface area contributed by atoms with Crippen LogP contribution in [0.2, 0.25) is 0 Å². The van der Waals surface area contributed by atoms with Crippen LogP contribution in [0.1, 0.15) is 25.8 Å². The molecule has 6 heteroatoms. The lowest BCUT2D eigenvalue weighted by Crippen LogP contribution is -2.50. The van der Waals surface area contributed by atoms with Crippen molar-refractivity contribution in [3.05, 3.63) is 41.0 Å². The van der Waals surface area contributed by atoms with E-state index in [0.29, 0.717) is 19.4 Å². The van der Waals surface area contributed by atoms with E-state index in [1.807, 2.05) is 24.3 Å². The molecule has 1 aliphatic heterocycles. The minimum Gasteiger partial charge on any atom is -0.497 e. The summed E-state index contributed by atoms with van der Waals surface area (Å²) in [5.41, 5.74) is 3.56. The second kappa shape index (κ2) is 7.18. The second-order valence-corrected chi connectivity index (χ2v) is 8.59. The van der Waals surface area contributed by atoms with Gasteiger partial charge in [0.15, 0.2) is 0 Å². The molecular formula is C17H26NO4P. The van der Waals surface area contributed by atoms with E-state index in [9.17, 15) is 4.57 Å². The van der Waals surface area contributed by atoms with Gasteiger partial charge in [0.1, 0.15) is 11.0 Å². The Morgan fingerprint density at radius 3 is 2.17 bits per heavy atom. The molecule has 0 saturated heterocycles. The van der Waals surface area contributed by atoms with Crippen LogP contribution >= 0.6 is 7.60 Å². The number of rotatable bonds is 6. The van der Waals surface area contributed by atoms with Gasteiger partial charge in [-0.2, -0.15) is 0 Å². The van der Waals surface area contributed by atoms with E-state index in [0.717, 1.165) is 11.3 Å². The van der Waals surface area contributed by atoms with E-state index in [1.54, 1.807) is 7.11 Å². The van der Waals surface area contributed by atoms with Gasteiger partial charge in [0.2, 0.25) is 0 Å². The fourth-order valence-corrected chi connectivity index (χ4v) is 4.95. The number of hydrogen-bond donors (Lipinski definition) is 1. The molecule has 1 heterocycles. The molecule has 0 unspecified atom stereocenters. The smallest absolute Gasteiger partial charge is 0.350 e. The van der Waals surface area contributed by atoms with Crippen LogP contribution < -0.4 is 10.1 Å². The Balaban J connectivity index is 2.40. The highest BCUT2D eigenvalue weighted by Gasteiger charge is 2.51.